The Hall–Kier alpha value is -2.47. The van der Waals surface area contributed by atoms with E-state index in [0.29, 0.717) is 12.3 Å². The van der Waals surface area contributed by atoms with Crippen LogP contribution in [0.3, 0.4) is 0 Å². The zero-order valence-electron chi connectivity index (χ0n) is 30.5. The standard InChI is InChI=1S/C41H60N2O4/c1-26(2)43(25-33(46)42-27-13-11-10-12-14-27)35(47)38(6)20-19-37(5)21-22-40(8)28(29(37)24-38)23-30(44)34-39(7)17-16-32(45)36(3,4)31(39)15-18-41(34,40)9/h10-14,23,26,29,31-32,34,45H,15-22,24-25H2,1-9H3,(H,42,46)/t29-,31-,32-,34+,37+,38-,39-,40+,41+/m0/s1. The van der Waals surface area contributed by atoms with Crippen LogP contribution in [-0.2, 0) is 14.4 Å². The van der Waals surface area contributed by atoms with Crippen LogP contribution in [0.1, 0.15) is 120 Å². The molecule has 5 aliphatic rings. The SMILES string of the molecule is CC(C)N(CC(=O)Nc1ccccc1)C(=O)[C@@]1(C)CC[C@]2(C)CC[C@]3(C)C(=CC(=O)[C@@H]4[C@@]5(C)CC[C@H](O)C(C)(C)[C@@H]5CC[C@]43C)[C@@H]2C1. The number of fused-ring (bicyclic) bond motifs is 7. The molecule has 2 amide bonds. The van der Waals surface area contributed by atoms with Gasteiger partial charge in [0.25, 0.3) is 0 Å². The molecule has 0 aromatic heterocycles. The molecule has 6 rings (SSSR count). The zero-order valence-corrected chi connectivity index (χ0v) is 30.5. The van der Waals surface area contributed by atoms with Gasteiger partial charge in [-0.1, -0.05) is 72.2 Å². The van der Waals surface area contributed by atoms with Crippen LogP contribution in [0, 0.1) is 50.2 Å². The predicted octanol–water partition coefficient (Wildman–Crippen LogP) is 8.20. The van der Waals surface area contributed by atoms with Gasteiger partial charge in [0.15, 0.2) is 5.78 Å². The number of hydrogen-bond acceptors (Lipinski definition) is 4. The highest BCUT2D eigenvalue weighted by Gasteiger charge is 2.70. The first kappa shape index (κ1) is 34.4. The van der Waals surface area contributed by atoms with Gasteiger partial charge in [0, 0.05) is 23.1 Å². The number of hydrogen-bond donors (Lipinski definition) is 2. The molecule has 0 radical (unpaired) electrons. The van der Waals surface area contributed by atoms with Crippen molar-refractivity contribution >= 4 is 23.3 Å². The van der Waals surface area contributed by atoms with Gasteiger partial charge in [0.2, 0.25) is 11.8 Å². The van der Waals surface area contributed by atoms with Crippen molar-refractivity contribution in [3.05, 3.63) is 42.0 Å². The van der Waals surface area contributed by atoms with Gasteiger partial charge < -0.3 is 15.3 Å². The van der Waals surface area contributed by atoms with Crippen molar-refractivity contribution in [1.82, 2.24) is 4.90 Å². The van der Waals surface area contributed by atoms with Gasteiger partial charge in [-0.05, 0) is 129 Å². The number of allylic oxidation sites excluding steroid dienone is 2. The molecule has 4 fully saturated rings. The summed E-state index contributed by atoms with van der Waals surface area (Å²) in [6.45, 7) is 20.2. The fraction of sp³-hybridized carbons (Fsp3) is 0.732. The highest BCUT2D eigenvalue weighted by molar-refractivity contribution is 5.96. The highest BCUT2D eigenvalue weighted by Crippen LogP contribution is 2.75. The molecule has 1 aromatic rings. The lowest BCUT2D eigenvalue weighted by atomic mass is 9.33. The summed E-state index contributed by atoms with van der Waals surface area (Å²) in [5, 5.41) is 14.0. The number of rotatable bonds is 5. The molecular weight excluding hydrogens is 584 g/mol. The van der Waals surface area contributed by atoms with E-state index < -0.39 is 5.41 Å². The van der Waals surface area contributed by atoms with Crippen LogP contribution in [0.5, 0.6) is 0 Å². The van der Waals surface area contributed by atoms with E-state index in [1.807, 2.05) is 44.2 Å². The van der Waals surface area contributed by atoms with Gasteiger partial charge in [-0.15, -0.1) is 0 Å². The minimum Gasteiger partial charge on any atom is -0.393 e. The molecule has 1 aromatic carbocycles. The minimum atomic E-state index is -0.617. The van der Waals surface area contributed by atoms with Crippen LogP contribution >= 0.6 is 0 Å². The molecule has 0 spiro atoms. The second kappa shape index (κ2) is 11.3. The molecule has 0 aliphatic heterocycles. The number of aliphatic hydroxyl groups is 1. The normalized spacial score (nSPS) is 42.3. The number of para-hydroxylation sites is 1. The second-order valence-corrected chi connectivity index (χ2v) is 18.6. The first-order chi connectivity index (χ1) is 21.8. The fourth-order valence-electron chi connectivity index (χ4n) is 12.1. The Morgan fingerprint density at radius 2 is 1.57 bits per heavy atom. The van der Waals surface area contributed by atoms with Crippen LogP contribution < -0.4 is 5.32 Å². The summed E-state index contributed by atoms with van der Waals surface area (Å²) in [5.41, 5.74) is 0.795. The van der Waals surface area contributed by atoms with Crippen LogP contribution in [-0.4, -0.2) is 46.3 Å². The Labute approximate surface area is 283 Å². The molecule has 4 saturated carbocycles. The van der Waals surface area contributed by atoms with Gasteiger partial charge in [-0.3, -0.25) is 14.4 Å². The number of carbonyl (C=O) groups excluding carboxylic acids is 3. The van der Waals surface area contributed by atoms with Gasteiger partial charge in [0.1, 0.15) is 6.54 Å². The number of amides is 2. The monoisotopic (exact) mass is 644 g/mol. The van der Waals surface area contributed by atoms with E-state index in [9.17, 15) is 19.5 Å². The lowest BCUT2D eigenvalue weighted by Gasteiger charge is -2.70. The van der Waals surface area contributed by atoms with E-state index in [4.69, 9.17) is 0 Å². The minimum absolute atomic E-state index is 0.0202. The predicted molar refractivity (Wildman–Crippen MR) is 187 cm³/mol. The van der Waals surface area contributed by atoms with Crippen molar-refractivity contribution in [3.8, 4) is 0 Å². The molecule has 6 nitrogen and oxygen atoms in total. The van der Waals surface area contributed by atoms with Gasteiger partial charge in [0.05, 0.1) is 6.10 Å². The third-order valence-corrected chi connectivity index (χ3v) is 15.3. The highest BCUT2D eigenvalue weighted by atomic mass is 16.3. The van der Waals surface area contributed by atoms with Crippen LogP contribution in [0.15, 0.2) is 42.0 Å². The van der Waals surface area contributed by atoms with Crippen molar-refractivity contribution in [1.29, 1.82) is 0 Å². The number of benzene rings is 1. The van der Waals surface area contributed by atoms with Crippen molar-refractivity contribution in [3.63, 3.8) is 0 Å². The lowest BCUT2D eigenvalue weighted by Crippen LogP contribution is -2.66. The smallest absolute Gasteiger partial charge is 0.244 e. The number of aliphatic hydroxyl groups excluding tert-OH is 1. The molecular formula is C41H60N2O4. The van der Waals surface area contributed by atoms with E-state index in [-0.39, 0.29) is 75.2 Å². The van der Waals surface area contributed by atoms with Crippen molar-refractivity contribution in [2.45, 2.75) is 132 Å². The van der Waals surface area contributed by atoms with E-state index in [1.165, 1.54) is 5.57 Å². The maximum Gasteiger partial charge on any atom is 0.244 e. The quantitative estimate of drug-likeness (QED) is 0.338. The van der Waals surface area contributed by atoms with Crippen molar-refractivity contribution in [2.24, 2.45) is 50.2 Å². The summed E-state index contributed by atoms with van der Waals surface area (Å²) in [6.07, 6.45) is 10.0. The molecule has 0 bridgehead atoms. The van der Waals surface area contributed by atoms with Crippen LogP contribution in [0.4, 0.5) is 5.69 Å². The maximum absolute atomic E-state index is 14.7. The largest absolute Gasteiger partial charge is 0.393 e. The van der Waals surface area contributed by atoms with Gasteiger partial charge >= 0.3 is 0 Å². The first-order valence-corrected chi connectivity index (χ1v) is 18.4. The Bertz CT molecular complexity index is 1470. The third-order valence-electron chi connectivity index (χ3n) is 15.3. The Balaban J connectivity index is 1.31. The summed E-state index contributed by atoms with van der Waals surface area (Å²) in [7, 11) is 0. The third kappa shape index (κ3) is 5.08. The summed E-state index contributed by atoms with van der Waals surface area (Å²) in [6, 6.07) is 9.29. The van der Waals surface area contributed by atoms with Crippen molar-refractivity contribution < 1.29 is 19.5 Å². The van der Waals surface area contributed by atoms with E-state index in [1.54, 1.807) is 4.90 Å². The summed E-state index contributed by atoms with van der Waals surface area (Å²) >= 11 is 0. The molecule has 6 heteroatoms. The summed E-state index contributed by atoms with van der Waals surface area (Å²) < 4.78 is 0. The summed E-state index contributed by atoms with van der Waals surface area (Å²) in [4.78, 5) is 44.1. The van der Waals surface area contributed by atoms with E-state index >= 15 is 0 Å². The summed E-state index contributed by atoms with van der Waals surface area (Å²) in [5.74, 6) is 0.541. The van der Waals surface area contributed by atoms with Crippen LogP contribution in [0.25, 0.3) is 0 Å². The molecule has 258 valence electrons. The molecule has 0 saturated heterocycles. The lowest BCUT2D eigenvalue weighted by molar-refractivity contribution is -0.202. The Morgan fingerprint density at radius 3 is 2.23 bits per heavy atom. The molecule has 0 unspecified atom stereocenters. The topological polar surface area (TPSA) is 86.7 Å². The average molecular weight is 645 g/mol. The molecule has 47 heavy (non-hydrogen) atoms. The zero-order chi connectivity index (χ0) is 34.4. The second-order valence-electron chi connectivity index (χ2n) is 18.6. The number of nitrogens with zero attached hydrogens (tertiary/aromatic N) is 1. The Morgan fingerprint density at radius 1 is 0.915 bits per heavy atom. The van der Waals surface area contributed by atoms with Gasteiger partial charge in [-0.2, -0.15) is 0 Å². The molecule has 0 heterocycles. The van der Waals surface area contributed by atoms with E-state index in [0.717, 1.165) is 57.1 Å². The molecule has 2 N–H and O–H groups in total. The average Bonchev–Trinajstić information content (AvgIpc) is 3.00. The van der Waals surface area contributed by atoms with Gasteiger partial charge in [-0.25, -0.2) is 0 Å². The van der Waals surface area contributed by atoms with Crippen molar-refractivity contribution in [2.75, 3.05) is 11.9 Å². The number of carbonyl (C=O) groups is 3. The molecule has 9 atom stereocenters. The molecule has 5 aliphatic carbocycles. The first-order valence-electron chi connectivity index (χ1n) is 18.4. The number of anilines is 1. The van der Waals surface area contributed by atoms with Crippen LogP contribution in [0.2, 0.25) is 0 Å². The number of nitrogens with one attached hydrogen (secondary N) is 1. The number of ketones is 1. The Kier molecular flexibility index (Phi) is 8.26. The maximum atomic E-state index is 14.7. The fourth-order valence-corrected chi connectivity index (χ4v) is 12.1. The van der Waals surface area contributed by atoms with E-state index in [2.05, 4.69) is 59.9 Å².